The molecule has 1 aromatic carbocycles. The van der Waals surface area contributed by atoms with Gasteiger partial charge in [-0.15, -0.1) is 0 Å². The first-order valence-electron chi connectivity index (χ1n) is 10.7. The molecule has 4 saturated carbocycles. The van der Waals surface area contributed by atoms with Gasteiger partial charge in [0.2, 0.25) is 0 Å². The number of ether oxygens (including phenoxy) is 2. The molecule has 8 nitrogen and oxygen atoms in total. The second kappa shape index (κ2) is 8.88. The number of carbonyl (C=O) groups excluding carboxylic acids is 2. The summed E-state index contributed by atoms with van der Waals surface area (Å²) in [5, 5.41) is -4.66. The van der Waals surface area contributed by atoms with E-state index in [1.54, 1.807) is 6.07 Å². The van der Waals surface area contributed by atoms with Crippen molar-refractivity contribution >= 4 is 75.5 Å². The van der Waals surface area contributed by atoms with Crippen molar-refractivity contribution < 1.29 is 40.8 Å². The standard InChI is InChI=1S/C21H22Br3F2NO7S/c1-9(21(25,26)35(30,31)32)33-18(29)19-4-10-2-11(5-19)7-20(6-10,8-19)34-17(28)14-12(22)3-13(23)16(27)15(14)24/h3,9-11H,2,4-8,27H2,1H3,(H,30,31,32). The third-order valence-electron chi connectivity index (χ3n) is 7.26. The SMILES string of the molecule is CC(OC(=O)C12CC3CC(CC(OC(=O)c4c(Br)cc(Br)c(N)c4Br)(C3)C1)C2)C(F)(F)S(=O)(=O)O. The number of carbonyl (C=O) groups is 2. The molecule has 5 rings (SSSR count). The monoisotopic (exact) mass is 707 g/mol. The lowest BCUT2D eigenvalue weighted by Gasteiger charge is -2.59. The van der Waals surface area contributed by atoms with Gasteiger partial charge >= 0.3 is 27.3 Å². The summed E-state index contributed by atoms with van der Waals surface area (Å²) in [7, 11) is -5.78. The average Bonchev–Trinajstić information content (AvgIpc) is 2.69. The Balaban J connectivity index is 1.60. The molecule has 4 aliphatic rings. The number of nitrogens with two attached hydrogens (primary N) is 1. The first-order chi connectivity index (χ1) is 16.0. The molecule has 0 saturated heterocycles. The molecule has 0 radical (unpaired) electrons. The van der Waals surface area contributed by atoms with Crippen molar-refractivity contribution in [3.05, 3.63) is 25.0 Å². The number of anilines is 1. The molecule has 4 fully saturated rings. The highest BCUT2D eigenvalue weighted by Crippen LogP contribution is 2.63. The molecule has 3 N–H and O–H groups in total. The van der Waals surface area contributed by atoms with E-state index in [2.05, 4.69) is 47.8 Å². The lowest BCUT2D eigenvalue weighted by molar-refractivity contribution is -0.206. The number of benzene rings is 1. The Labute approximate surface area is 225 Å². The molecule has 0 amide bonds. The van der Waals surface area contributed by atoms with Crippen LogP contribution in [0.5, 0.6) is 0 Å². The summed E-state index contributed by atoms with van der Waals surface area (Å²) in [4.78, 5) is 26.4. The fraction of sp³-hybridized carbons (Fsp3) is 0.619. The third-order valence-corrected chi connectivity index (χ3v) is 10.4. The van der Waals surface area contributed by atoms with E-state index < -0.39 is 44.4 Å². The third kappa shape index (κ3) is 4.66. The topological polar surface area (TPSA) is 133 Å². The second-order valence-corrected chi connectivity index (χ2v) is 13.8. The van der Waals surface area contributed by atoms with E-state index in [9.17, 15) is 26.8 Å². The smallest absolute Gasteiger partial charge is 0.405 e. The summed E-state index contributed by atoms with van der Waals surface area (Å²) >= 11 is 9.98. The molecule has 4 aliphatic carbocycles. The molecular formula is C21H22Br3F2NO7S. The van der Waals surface area contributed by atoms with E-state index in [0.29, 0.717) is 44.8 Å². The van der Waals surface area contributed by atoms with Gasteiger partial charge in [-0.25, -0.2) is 4.79 Å². The van der Waals surface area contributed by atoms with Gasteiger partial charge in [-0.05, 0) is 105 Å². The van der Waals surface area contributed by atoms with Crippen LogP contribution in [0.4, 0.5) is 14.5 Å². The molecule has 4 bridgehead atoms. The predicted molar refractivity (Wildman–Crippen MR) is 131 cm³/mol. The van der Waals surface area contributed by atoms with Gasteiger partial charge in [0.15, 0.2) is 6.10 Å². The molecule has 1 aromatic rings. The summed E-state index contributed by atoms with van der Waals surface area (Å²) in [6.07, 6.45) is 0.251. The fourth-order valence-corrected chi connectivity index (χ4v) is 9.05. The number of hydrogen-bond donors (Lipinski definition) is 2. The summed E-state index contributed by atoms with van der Waals surface area (Å²) < 4.78 is 71.3. The van der Waals surface area contributed by atoms with Crippen LogP contribution in [-0.2, 0) is 24.4 Å². The molecule has 0 aromatic heterocycles. The molecule has 14 heteroatoms. The molecule has 0 aliphatic heterocycles. The van der Waals surface area contributed by atoms with Crippen LogP contribution in [0, 0.1) is 17.3 Å². The van der Waals surface area contributed by atoms with Crippen molar-refractivity contribution in [3.8, 4) is 0 Å². The maximum atomic E-state index is 14.0. The Hall–Kier alpha value is -0.830. The van der Waals surface area contributed by atoms with Crippen LogP contribution in [0.25, 0.3) is 0 Å². The lowest BCUT2D eigenvalue weighted by atomic mass is 9.48. The number of halogens is 5. The molecule has 0 spiro atoms. The lowest BCUT2D eigenvalue weighted by Crippen LogP contribution is -2.60. The minimum Gasteiger partial charge on any atom is -0.455 e. The first-order valence-corrected chi connectivity index (χ1v) is 14.5. The van der Waals surface area contributed by atoms with Crippen LogP contribution in [0.2, 0.25) is 0 Å². The van der Waals surface area contributed by atoms with Gasteiger partial charge in [0.1, 0.15) is 5.60 Å². The van der Waals surface area contributed by atoms with Crippen molar-refractivity contribution in [3.63, 3.8) is 0 Å². The van der Waals surface area contributed by atoms with Crippen molar-refractivity contribution in [2.45, 2.75) is 62.4 Å². The summed E-state index contributed by atoms with van der Waals surface area (Å²) in [6, 6.07) is 1.62. The number of nitrogen functional groups attached to an aromatic ring is 1. The second-order valence-electron chi connectivity index (χ2n) is 9.84. The van der Waals surface area contributed by atoms with Gasteiger partial charge in [0, 0.05) is 15.4 Å². The highest BCUT2D eigenvalue weighted by Gasteiger charge is 2.64. The Morgan fingerprint density at radius 2 is 1.74 bits per heavy atom. The highest BCUT2D eigenvalue weighted by atomic mass is 79.9. The number of hydrogen-bond acceptors (Lipinski definition) is 7. The number of alkyl halides is 2. The quantitative estimate of drug-likeness (QED) is 0.226. The number of rotatable bonds is 6. The minimum absolute atomic E-state index is 0.0101. The van der Waals surface area contributed by atoms with Crippen LogP contribution in [-0.4, -0.2) is 41.9 Å². The highest BCUT2D eigenvalue weighted by molar-refractivity contribution is 9.11. The van der Waals surface area contributed by atoms with Crippen LogP contribution in [0.3, 0.4) is 0 Å². The summed E-state index contributed by atoms with van der Waals surface area (Å²) in [5.74, 6) is -1.61. The Kier molecular flexibility index (Phi) is 6.91. The first kappa shape index (κ1) is 27.2. The van der Waals surface area contributed by atoms with E-state index in [4.69, 9.17) is 19.8 Å². The van der Waals surface area contributed by atoms with Gasteiger partial charge in [-0.2, -0.15) is 17.2 Å². The Bertz CT molecular complexity index is 1200. The van der Waals surface area contributed by atoms with Crippen LogP contribution in [0.15, 0.2) is 19.5 Å². The summed E-state index contributed by atoms with van der Waals surface area (Å²) in [5.41, 5.74) is 4.31. The van der Waals surface area contributed by atoms with Gasteiger partial charge in [-0.3, -0.25) is 9.35 Å². The normalized spacial score (nSPS) is 30.7. The summed E-state index contributed by atoms with van der Waals surface area (Å²) in [6.45, 7) is 0.717. The Morgan fingerprint density at radius 3 is 2.29 bits per heavy atom. The maximum absolute atomic E-state index is 14.0. The van der Waals surface area contributed by atoms with Gasteiger partial charge < -0.3 is 15.2 Å². The zero-order chi connectivity index (χ0) is 26.1. The largest absolute Gasteiger partial charge is 0.455 e. The van der Waals surface area contributed by atoms with Crippen molar-refractivity contribution in [1.82, 2.24) is 0 Å². The molecule has 0 heterocycles. The van der Waals surface area contributed by atoms with E-state index in [0.717, 1.165) is 13.3 Å². The van der Waals surface area contributed by atoms with E-state index in [-0.39, 0.29) is 23.8 Å². The average molecular weight is 710 g/mol. The maximum Gasteiger partial charge on any atom is 0.405 e. The van der Waals surface area contributed by atoms with E-state index in [1.807, 2.05) is 0 Å². The zero-order valence-electron chi connectivity index (χ0n) is 18.3. The van der Waals surface area contributed by atoms with Crippen LogP contribution >= 0.6 is 47.8 Å². The molecule has 3 unspecified atom stereocenters. The minimum atomic E-state index is -5.78. The van der Waals surface area contributed by atoms with Crippen molar-refractivity contribution in [1.29, 1.82) is 0 Å². The molecule has 35 heavy (non-hydrogen) atoms. The van der Waals surface area contributed by atoms with Gasteiger partial charge in [0.05, 0.1) is 21.1 Å². The predicted octanol–water partition coefficient (Wildman–Crippen LogP) is 5.46. The zero-order valence-corrected chi connectivity index (χ0v) is 23.9. The van der Waals surface area contributed by atoms with E-state index in [1.165, 1.54) is 0 Å². The number of esters is 2. The molecular weight excluding hydrogens is 688 g/mol. The van der Waals surface area contributed by atoms with Crippen molar-refractivity contribution in [2.24, 2.45) is 17.3 Å². The van der Waals surface area contributed by atoms with Crippen molar-refractivity contribution in [2.75, 3.05) is 5.73 Å². The van der Waals surface area contributed by atoms with Gasteiger partial charge in [0.25, 0.3) is 0 Å². The molecule has 3 atom stereocenters. The van der Waals surface area contributed by atoms with E-state index >= 15 is 0 Å². The van der Waals surface area contributed by atoms with Crippen LogP contribution in [0.1, 0.15) is 55.8 Å². The molecule has 194 valence electrons. The fourth-order valence-electron chi connectivity index (χ4n) is 6.14. The van der Waals surface area contributed by atoms with Gasteiger partial charge in [-0.1, -0.05) is 0 Å². The Morgan fingerprint density at radius 1 is 1.17 bits per heavy atom. The van der Waals surface area contributed by atoms with Crippen LogP contribution < -0.4 is 5.73 Å².